The second kappa shape index (κ2) is 8.72. The largest absolute Gasteiger partial charge is 0.370 e. The van der Waals surface area contributed by atoms with Gasteiger partial charge >= 0.3 is 0 Å². The zero-order valence-electron chi connectivity index (χ0n) is 17.8. The number of anilines is 1. The summed E-state index contributed by atoms with van der Waals surface area (Å²) in [5.74, 6) is 0.636. The highest BCUT2D eigenvalue weighted by Gasteiger charge is 2.27. The molecule has 0 amide bonds. The van der Waals surface area contributed by atoms with Crippen LogP contribution in [0.4, 0.5) is 5.95 Å². The van der Waals surface area contributed by atoms with Crippen LogP contribution < -0.4 is 10.5 Å². The van der Waals surface area contributed by atoms with Gasteiger partial charge in [-0.3, -0.25) is 19.3 Å². The lowest BCUT2D eigenvalue weighted by molar-refractivity contribution is 0.0393. The first-order chi connectivity index (χ1) is 15.7. The first kappa shape index (κ1) is 20.1. The van der Waals surface area contributed by atoms with Gasteiger partial charge in [0.2, 0.25) is 5.95 Å². The number of morpholine rings is 1. The maximum atomic E-state index is 12.7. The van der Waals surface area contributed by atoms with Crippen molar-refractivity contribution in [1.82, 2.24) is 19.5 Å². The molecule has 160 valence electrons. The summed E-state index contributed by atoms with van der Waals surface area (Å²) in [6, 6.07) is 17.5. The van der Waals surface area contributed by atoms with E-state index in [1.54, 1.807) is 36.3 Å². The number of pyridine rings is 2. The molecule has 0 spiro atoms. The van der Waals surface area contributed by atoms with Crippen molar-refractivity contribution in [3.05, 3.63) is 95.3 Å². The van der Waals surface area contributed by atoms with E-state index in [4.69, 9.17) is 9.72 Å². The standard InChI is InChI=1S/C25H23N5O2/c1-29-24(31)15-22(18-8-11-26-12-9-18)28-25(29)30-13-14-32-23(17-30)21-7-3-2-6-20(21)19-5-4-10-27-16-19/h2-12,15-16,23H,13-14,17H2,1H3. The summed E-state index contributed by atoms with van der Waals surface area (Å²) in [5, 5.41) is 0. The summed E-state index contributed by atoms with van der Waals surface area (Å²) in [6.45, 7) is 1.80. The lowest BCUT2D eigenvalue weighted by Crippen LogP contribution is -2.41. The average Bonchev–Trinajstić information content (AvgIpc) is 2.87. The van der Waals surface area contributed by atoms with Gasteiger partial charge in [-0.1, -0.05) is 30.3 Å². The molecule has 1 aliphatic heterocycles. The molecule has 0 N–H and O–H groups in total. The quantitative estimate of drug-likeness (QED) is 0.498. The zero-order chi connectivity index (χ0) is 21.9. The molecule has 0 aliphatic carbocycles. The Hall–Kier alpha value is -3.84. The number of hydrogen-bond donors (Lipinski definition) is 0. The summed E-state index contributed by atoms with van der Waals surface area (Å²) in [5.41, 5.74) is 4.66. The fourth-order valence-electron chi connectivity index (χ4n) is 4.06. The molecule has 3 aromatic heterocycles. The Morgan fingerprint density at radius 1 is 0.969 bits per heavy atom. The minimum absolute atomic E-state index is 0.0967. The first-order valence-electron chi connectivity index (χ1n) is 10.5. The van der Waals surface area contributed by atoms with Crippen LogP contribution >= 0.6 is 0 Å². The molecule has 1 saturated heterocycles. The molecule has 4 aromatic rings. The molecule has 1 atom stereocenters. The Kier molecular flexibility index (Phi) is 5.47. The lowest BCUT2D eigenvalue weighted by atomic mass is 9.96. The Morgan fingerprint density at radius 2 is 1.81 bits per heavy atom. The lowest BCUT2D eigenvalue weighted by Gasteiger charge is -2.35. The minimum atomic E-state index is -0.151. The predicted molar refractivity (Wildman–Crippen MR) is 123 cm³/mol. The predicted octanol–water partition coefficient (Wildman–Crippen LogP) is 3.48. The van der Waals surface area contributed by atoms with Gasteiger partial charge < -0.3 is 9.64 Å². The van der Waals surface area contributed by atoms with Crippen molar-refractivity contribution in [2.75, 3.05) is 24.6 Å². The summed E-state index contributed by atoms with van der Waals surface area (Å²) in [4.78, 5) is 28.0. The second-order valence-corrected chi connectivity index (χ2v) is 7.71. The van der Waals surface area contributed by atoms with Gasteiger partial charge in [-0.15, -0.1) is 0 Å². The van der Waals surface area contributed by atoms with Crippen molar-refractivity contribution in [3.63, 3.8) is 0 Å². The van der Waals surface area contributed by atoms with Gasteiger partial charge in [-0.05, 0) is 29.3 Å². The highest BCUT2D eigenvalue weighted by Crippen LogP contribution is 2.32. The molecule has 1 aliphatic rings. The molecular weight excluding hydrogens is 402 g/mol. The second-order valence-electron chi connectivity index (χ2n) is 7.71. The van der Waals surface area contributed by atoms with Gasteiger partial charge in [-0.25, -0.2) is 4.98 Å². The van der Waals surface area contributed by atoms with Gasteiger partial charge in [0.25, 0.3) is 5.56 Å². The molecule has 0 bridgehead atoms. The molecule has 1 aromatic carbocycles. The molecule has 1 unspecified atom stereocenters. The monoisotopic (exact) mass is 425 g/mol. The molecular formula is C25H23N5O2. The average molecular weight is 425 g/mol. The number of ether oxygens (including phenoxy) is 1. The number of benzene rings is 1. The van der Waals surface area contributed by atoms with Crippen LogP contribution in [0.5, 0.6) is 0 Å². The zero-order valence-corrected chi connectivity index (χ0v) is 17.8. The molecule has 4 heterocycles. The van der Waals surface area contributed by atoms with Crippen LogP contribution in [-0.2, 0) is 11.8 Å². The van der Waals surface area contributed by atoms with E-state index in [1.165, 1.54) is 0 Å². The highest BCUT2D eigenvalue weighted by molar-refractivity contribution is 5.67. The topological polar surface area (TPSA) is 73.1 Å². The molecule has 32 heavy (non-hydrogen) atoms. The molecule has 0 saturated carbocycles. The van der Waals surface area contributed by atoms with Crippen molar-refractivity contribution in [2.45, 2.75) is 6.10 Å². The van der Waals surface area contributed by atoms with Gasteiger partial charge in [0.1, 0.15) is 6.10 Å². The SMILES string of the molecule is Cn1c(N2CCOC(c3ccccc3-c3cccnc3)C2)nc(-c2ccncc2)cc1=O. The van der Waals surface area contributed by atoms with E-state index < -0.39 is 0 Å². The smallest absolute Gasteiger partial charge is 0.255 e. The van der Waals surface area contributed by atoms with E-state index in [1.807, 2.05) is 36.5 Å². The van der Waals surface area contributed by atoms with E-state index in [9.17, 15) is 4.79 Å². The summed E-state index contributed by atoms with van der Waals surface area (Å²) >= 11 is 0. The number of nitrogens with zero attached hydrogens (tertiary/aromatic N) is 5. The fourth-order valence-corrected chi connectivity index (χ4v) is 4.06. The van der Waals surface area contributed by atoms with Crippen molar-refractivity contribution in [2.24, 2.45) is 7.05 Å². The first-order valence-corrected chi connectivity index (χ1v) is 10.5. The van der Waals surface area contributed by atoms with Crippen molar-refractivity contribution < 1.29 is 4.74 Å². The Balaban J connectivity index is 1.50. The Bertz CT molecular complexity index is 1270. The van der Waals surface area contributed by atoms with Crippen molar-refractivity contribution in [3.8, 4) is 22.4 Å². The minimum Gasteiger partial charge on any atom is -0.370 e. The van der Waals surface area contributed by atoms with Crippen LogP contribution in [-0.4, -0.2) is 39.2 Å². The summed E-state index contributed by atoms with van der Waals surface area (Å²) in [7, 11) is 1.76. The van der Waals surface area contributed by atoms with Crippen molar-refractivity contribution >= 4 is 5.95 Å². The maximum absolute atomic E-state index is 12.7. The molecule has 7 nitrogen and oxygen atoms in total. The van der Waals surface area contributed by atoms with E-state index in [-0.39, 0.29) is 11.7 Å². The molecule has 1 fully saturated rings. The van der Waals surface area contributed by atoms with Gasteiger partial charge in [-0.2, -0.15) is 0 Å². The third-order valence-electron chi connectivity index (χ3n) is 5.72. The van der Waals surface area contributed by atoms with Gasteiger partial charge in [0.05, 0.1) is 18.8 Å². The van der Waals surface area contributed by atoms with Gasteiger partial charge in [0.15, 0.2) is 0 Å². The van der Waals surface area contributed by atoms with Crippen LogP contribution in [0.25, 0.3) is 22.4 Å². The number of rotatable bonds is 4. The fraction of sp³-hybridized carbons (Fsp3) is 0.200. The number of aromatic nitrogens is 4. The van der Waals surface area contributed by atoms with E-state index in [2.05, 4.69) is 33.1 Å². The van der Waals surface area contributed by atoms with E-state index in [0.717, 1.165) is 22.3 Å². The van der Waals surface area contributed by atoms with Crippen LogP contribution in [0.2, 0.25) is 0 Å². The maximum Gasteiger partial charge on any atom is 0.255 e. The molecule has 0 radical (unpaired) electrons. The Morgan fingerprint density at radius 3 is 2.62 bits per heavy atom. The number of hydrogen-bond acceptors (Lipinski definition) is 6. The van der Waals surface area contributed by atoms with Gasteiger partial charge in [0, 0.05) is 55.6 Å². The van der Waals surface area contributed by atoms with Crippen molar-refractivity contribution in [1.29, 1.82) is 0 Å². The molecule has 7 heteroatoms. The molecule has 5 rings (SSSR count). The summed E-state index contributed by atoms with van der Waals surface area (Å²) in [6.07, 6.45) is 6.89. The highest BCUT2D eigenvalue weighted by atomic mass is 16.5. The Labute approximate surface area is 186 Å². The van der Waals surface area contributed by atoms with Crippen LogP contribution in [0, 0.1) is 0 Å². The normalized spacial score (nSPS) is 16.2. The van der Waals surface area contributed by atoms with Crippen LogP contribution in [0.1, 0.15) is 11.7 Å². The van der Waals surface area contributed by atoms with E-state index in [0.29, 0.717) is 31.3 Å². The van der Waals surface area contributed by atoms with Crippen LogP contribution in [0.15, 0.2) is 84.2 Å². The summed E-state index contributed by atoms with van der Waals surface area (Å²) < 4.78 is 7.77. The third-order valence-corrected chi connectivity index (χ3v) is 5.72. The third kappa shape index (κ3) is 3.90. The van der Waals surface area contributed by atoms with E-state index >= 15 is 0 Å². The van der Waals surface area contributed by atoms with Crippen LogP contribution in [0.3, 0.4) is 0 Å².